The van der Waals surface area contributed by atoms with Crippen molar-refractivity contribution < 1.29 is 52.3 Å². The average molecular weight is 2060 g/mol. The SMILES string of the molecule is CC(C)(C)c1ccc(-n2c(-c3ccccc3O)nc3c(-c4[c-]c(-c5cc6c7ccccc7n(-c7ccccc7)c6cn5)cc(-c5ccccc5)c4)cccc32)c(-c2ccccc2)c1.CC(C)(C)c1ccc(-n2c(-c3ccccc3O)nc3c(-c4[c-]c(-c5cc6c7ccccc7n(-c7ccccc7)c6cn5)cc(C(C)(C)c5ccccc5)c4)cccc32)c(-c2ccccc2)c1.[Pt].[Pt]. The second-order valence-corrected chi connectivity index (χ2v) is 35.9. The average Bonchev–Trinajstić information content (AvgIpc) is 1.62. The Hall–Kier alpha value is -14.7. The van der Waals surface area contributed by atoms with E-state index in [4.69, 9.17) is 19.9 Å². The minimum Gasteiger partial charge on any atom is -0.507 e. The third-order valence-electron chi connectivity index (χ3n) is 25.4. The van der Waals surface area contributed by atoms with Crippen molar-refractivity contribution in [2.45, 2.75) is 71.6 Å². The normalized spacial score (nSPS) is 11.8. The van der Waals surface area contributed by atoms with Gasteiger partial charge in [-0.1, -0.05) is 350 Å². The van der Waals surface area contributed by atoms with E-state index in [1.165, 1.54) is 22.1 Å². The molecule has 0 aliphatic heterocycles. The summed E-state index contributed by atoms with van der Waals surface area (Å²) in [5, 5.41) is 27.5. The molecule has 22 rings (SSSR count). The maximum absolute atomic E-state index is 11.5. The van der Waals surface area contributed by atoms with Crippen LogP contribution in [0.25, 0.3) is 189 Å². The summed E-state index contributed by atoms with van der Waals surface area (Å²) in [5.41, 5.74) is 31.1. The summed E-state index contributed by atoms with van der Waals surface area (Å²) in [5.74, 6) is 1.63. The van der Waals surface area contributed by atoms with Gasteiger partial charge in [-0.3, -0.25) is 19.1 Å². The van der Waals surface area contributed by atoms with Crippen LogP contribution in [0.5, 0.6) is 11.5 Å². The number of hydrogen-bond acceptors (Lipinski definition) is 6. The van der Waals surface area contributed by atoms with Crippen LogP contribution in [0, 0.1) is 12.1 Å². The van der Waals surface area contributed by atoms with Crippen molar-refractivity contribution in [1.82, 2.24) is 38.2 Å². The quantitative estimate of drug-likeness (QED) is 0.0989. The Morgan fingerprint density at radius 1 is 0.252 bits per heavy atom. The second kappa shape index (κ2) is 35.1. The Bertz CT molecular complexity index is 8050. The topological polar surface area (TPSA) is 112 Å². The minimum absolute atomic E-state index is 0. The second-order valence-electron chi connectivity index (χ2n) is 35.9. The van der Waals surface area contributed by atoms with Gasteiger partial charge in [-0.25, -0.2) is 9.97 Å². The fraction of sp³-hybridized carbons (Fsp3) is 0.0924. The first-order valence-corrected chi connectivity index (χ1v) is 44.0. The zero-order chi connectivity index (χ0) is 87.8. The standard InChI is InChI=1S/C61H49N4O.C58H43N4O.2Pt/c1-60(2,3)44-32-33-54(50(37-44)40-20-9-6-10-21-40)65-55-30-19-28-47(58(55)63-59(65)49-27-16-18-31-57(49)66)41-34-42(36-45(35-41)61(4,5)43-22-11-7-12-23-43)52-38-51-48-26-15-17-29-53(48)64(56(51)39-62-52)46-24-13-8-14-25-46;1-58(2,3)43-30-31-52(48(35-43)39-20-9-5-10-21-39)62-53-28-17-26-45(56(53)60-57(62)47-25-14-16-29-55(47)63)41-32-40(38-18-7-4-8-19-38)33-42(34-41)50-36-49-46-24-13-15-27-51(46)61(54(49)37-59-50)44-22-11-6-12-23-44;;/h6-33,35-39,66H,1-5H3;4-33,35-37,63H,1-3H3;;/q2*-1;;. The van der Waals surface area contributed by atoms with Gasteiger partial charge in [0.05, 0.1) is 66.6 Å². The molecular weight excluding hydrogens is 1960 g/mol. The first-order chi connectivity index (χ1) is 62.8. The maximum Gasteiger partial charge on any atom is 0.148 e. The molecule has 0 saturated heterocycles. The molecule has 0 atom stereocenters. The van der Waals surface area contributed by atoms with Crippen LogP contribution in [0.4, 0.5) is 0 Å². The van der Waals surface area contributed by atoms with Gasteiger partial charge >= 0.3 is 0 Å². The Kier molecular flexibility index (Phi) is 23.0. The van der Waals surface area contributed by atoms with Crippen molar-refractivity contribution >= 4 is 65.7 Å². The van der Waals surface area contributed by atoms with Gasteiger partial charge in [-0.05, 0) is 141 Å². The number of aromatic hydroxyl groups is 2. The smallest absolute Gasteiger partial charge is 0.148 e. The summed E-state index contributed by atoms with van der Waals surface area (Å²) in [7, 11) is 0. The molecule has 0 aliphatic rings. The van der Waals surface area contributed by atoms with Gasteiger partial charge in [-0.15, -0.1) is 53.1 Å². The molecule has 12 heteroatoms. The van der Waals surface area contributed by atoms with Crippen LogP contribution in [0.2, 0.25) is 0 Å². The number of imidazole rings is 2. The van der Waals surface area contributed by atoms with Crippen LogP contribution in [-0.2, 0) is 58.4 Å². The van der Waals surface area contributed by atoms with E-state index in [0.29, 0.717) is 22.8 Å². The number of pyridine rings is 2. The monoisotopic (exact) mass is 2050 g/mol. The molecule has 0 spiro atoms. The van der Waals surface area contributed by atoms with Gasteiger partial charge in [0.1, 0.15) is 23.1 Å². The fourth-order valence-corrected chi connectivity index (χ4v) is 18.5. The predicted molar refractivity (Wildman–Crippen MR) is 532 cm³/mol. The molecule has 0 amide bonds. The van der Waals surface area contributed by atoms with E-state index in [-0.39, 0.29) is 69.9 Å². The van der Waals surface area contributed by atoms with Crippen LogP contribution in [-0.4, -0.2) is 48.4 Å². The molecule has 642 valence electrons. The van der Waals surface area contributed by atoms with E-state index in [0.717, 1.165) is 167 Å². The maximum atomic E-state index is 11.5. The van der Waals surface area contributed by atoms with Crippen molar-refractivity contribution in [1.29, 1.82) is 0 Å². The number of nitrogens with zero attached hydrogens (tertiary/aromatic N) is 8. The minimum atomic E-state index is -0.374. The van der Waals surface area contributed by atoms with Crippen LogP contribution in [0.15, 0.2) is 401 Å². The summed E-state index contributed by atoms with van der Waals surface area (Å²) < 4.78 is 9.02. The fourth-order valence-electron chi connectivity index (χ4n) is 18.5. The molecule has 0 bridgehead atoms. The molecule has 0 saturated carbocycles. The molecule has 2 N–H and O–H groups in total. The van der Waals surface area contributed by atoms with E-state index in [1.807, 2.05) is 67.0 Å². The molecular formula is C119H92N8O2Pt2-2. The summed E-state index contributed by atoms with van der Waals surface area (Å²) in [4.78, 5) is 21.4. The Balaban J connectivity index is 0.000000167. The van der Waals surface area contributed by atoms with E-state index >= 15 is 0 Å². The largest absolute Gasteiger partial charge is 0.507 e. The number of para-hydroxylation sites is 8. The summed E-state index contributed by atoms with van der Waals surface area (Å²) >= 11 is 0. The number of aromatic nitrogens is 8. The first-order valence-electron chi connectivity index (χ1n) is 44.0. The van der Waals surface area contributed by atoms with Gasteiger partial charge in [0.15, 0.2) is 0 Å². The van der Waals surface area contributed by atoms with Crippen LogP contribution < -0.4 is 0 Å². The van der Waals surface area contributed by atoms with Crippen LogP contribution >= 0.6 is 0 Å². The van der Waals surface area contributed by atoms with Crippen molar-refractivity contribution in [2.75, 3.05) is 0 Å². The summed E-state index contributed by atoms with van der Waals surface area (Å²) in [6.45, 7) is 18.0. The molecule has 0 aliphatic carbocycles. The van der Waals surface area contributed by atoms with Gasteiger partial charge < -0.3 is 19.3 Å². The number of rotatable bonds is 15. The molecule has 6 aromatic heterocycles. The third-order valence-corrected chi connectivity index (χ3v) is 25.4. The number of fused-ring (bicyclic) bond motifs is 8. The zero-order valence-corrected chi connectivity index (χ0v) is 78.3. The molecule has 10 nitrogen and oxygen atoms in total. The number of phenols is 2. The van der Waals surface area contributed by atoms with Crippen LogP contribution in [0.1, 0.15) is 77.6 Å². The number of phenolic OH excluding ortho intramolecular Hbond substituents is 2. The van der Waals surface area contributed by atoms with E-state index < -0.39 is 0 Å². The molecule has 0 unspecified atom stereocenters. The van der Waals surface area contributed by atoms with Crippen molar-refractivity contribution in [3.63, 3.8) is 0 Å². The molecule has 131 heavy (non-hydrogen) atoms. The Labute approximate surface area is 791 Å². The van der Waals surface area contributed by atoms with E-state index in [1.54, 1.807) is 12.1 Å². The number of benzene rings is 16. The van der Waals surface area contributed by atoms with Crippen molar-refractivity contribution in [2.24, 2.45) is 0 Å². The number of hydrogen-bond donors (Lipinski definition) is 2. The predicted octanol–water partition coefficient (Wildman–Crippen LogP) is 30.0. The van der Waals surface area contributed by atoms with E-state index in [2.05, 4.69) is 407 Å². The zero-order valence-electron chi connectivity index (χ0n) is 73.7. The Morgan fingerprint density at radius 2 is 0.603 bits per heavy atom. The molecule has 0 fully saturated rings. The molecule has 6 heterocycles. The van der Waals surface area contributed by atoms with Gasteiger partial charge in [0, 0.05) is 115 Å². The van der Waals surface area contributed by atoms with Crippen molar-refractivity contribution in [3.05, 3.63) is 435 Å². The summed E-state index contributed by atoms with van der Waals surface area (Å²) in [6.07, 6.45) is 4.01. The third kappa shape index (κ3) is 15.9. The van der Waals surface area contributed by atoms with E-state index in [9.17, 15) is 10.2 Å². The van der Waals surface area contributed by atoms with Gasteiger partial charge in [-0.2, -0.15) is 0 Å². The van der Waals surface area contributed by atoms with Crippen LogP contribution in [0.3, 0.4) is 0 Å². The van der Waals surface area contributed by atoms with Crippen molar-refractivity contribution in [3.8, 4) is 135 Å². The van der Waals surface area contributed by atoms with Gasteiger partial charge in [0.2, 0.25) is 0 Å². The molecule has 16 aromatic carbocycles. The molecule has 22 aromatic rings. The summed E-state index contributed by atoms with van der Waals surface area (Å²) in [6, 6.07) is 143. The first kappa shape index (κ1) is 85.8. The van der Waals surface area contributed by atoms with Gasteiger partial charge in [0.25, 0.3) is 0 Å². The Morgan fingerprint density at radius 3 is 1.04 bits per heavy atom. The molecule has 0 radical (unpaired) electrons.